The summed E-state index contributed by atoms with van der Waals surface area (Å²) in [6.07, 6.45) is -1.17. The van der Waals surface area contributed by atoms with Crippen LogP contribution in [0.4, 0.5) is 19.5 Å². The molecule has 2 aromatic carbocycles. The Kier molecular flexibility index (Phi) is 4.46. The zero-order chi connectivity index (χ0) is 20.9. The molecule has 0 radical (unpaired) electrons. The molecule has 0 atom stereocenters. The molecule has 9 heteroatoms. The minimum absolute atomic E-state index is 0.138. The Labute approximate surface area is 168 Å². The van der Waals surface area contributed by atoms with Crippen molar-refractivity contribution in [2.24, 2.45) is 0 Å². The summed E-state index contributed by atoms with van der Waals surface area (Å²) in [5.41, 5.74) is 2.19. The first-order chi connectivity index (χ1) is 13.6. The van der Waals surface area contributed by atoms with Gasteiger partial charge in [-0.2, -0.15) is 0 Å². The summed E-state index contributed by atoms with van der Waals surface area (Å²) < 4.78 is 31.5. The van der Waals surface area contributed by atoms with E-state index in [1.807, 2.05) is 0 Å². The number of carbonyl (C=O) groups excluding carboxylic acids is 1. The molecule has 1 aliphatic rings. The zero-order valence-corrected chi connectivity index (χ0v) is 15.9. The van der Waals surface area contributed by atoms with E-state index in [9.17, 15) is 18.4 Å². The summed E-state index contributed by atoms with van der Waals surface area (Å²) in [6.45, 7) is -1.12. The van der Waals surface area contributed by atoms with E-state index in [-0.39, 0.29) is 5.88 Å². The summed E-state index contributed by atoms with van der Waals surface area (Å²) in [5, 5.41) is 10.0. The van der Waals surface area contributed by atoms with Gasteiger partial charge >= 0.3 is 6.09 Å². The topological polar surface area (TPSA) is 74.0 Å². The molecule has 0 aliphatic carbocycles. The lowest BCUT2D eigenvalue weighted by Gasteiger charge is -2.38. The fourth-order valence-electron chi connectivity index (χ4n) is 3.17. The van der Waals surface area contributed by atoms with Crippen LogP contribution in [-0.2, 0) is 0 Å². The Hall–Kier alpha value is -3.13. The van der Waals surface area contributed by atoms with Crippen molar-refractivity contribution in [1.29, 1.82) is 0 Å². The van der Waals surface area contributed by atoms with Gasteiger partial charge in [-0.25, -0.2) is 13.6 Å². The monoisotopic (exact) mass is 420 g/mol. The Morgan fingerprint density at radius 1 is 1.14 bits per heavy atom. The maximum atomic E-state index is 13.0. The van der Waals surface area contributed by atoms with Gasteiger partial charge in [-0.1, -0.05) is 23.7 Å². The number of furan rings is 1. The van der Waals surface area contributed by atoms with Crippen molar-refractivity contribution in [3.63, 3.8) is 0 Å². The van der Waals surface area contributed by atoms with Gasteiger partial charge in [0.25, 0.3) is 11.8 Å². The van der Waals surface area contributed by atoms with Gasteiger partial charge in [0.15, 0.2) is 5.58 Å². The number of amides is 2. The average Bonchev–Trinajstić information content (AvgIpc) is 3.09. The Morgan fingerprint density at radius 3 is 2.38 bits per heavy atom. The fourth-order valence-corrected chi connectivity index (χ4v) is 3.43. The molecule has 3 aromatic rings. The fraction of sp³-hybridized carbons (Fsp3) is 0.200. The molecule has 150 valence electrons. The molecule has 6 nitrogen and oxygen atoms in total. The Bertz CT molecular complexity index is 1120. The quantitative estimate of drug-likeness (QED) is 0.650. The predicted molar refractivity (Wildman–Crippen MR) is 104 cm³/mol. The third-order valence-corrected chi connectivity index (χ3v) is 5.05. The van der Waals surface area contributed by atoms with Gasteiger partial charge in [0.1, 0.15) is 0 Å². The number of rotatable bonds is 3. The van der Waals surface area contributed by atoms with E-state index >= 15 is 0 Å². The molecule has 1 saturated heterocycles. The maximum Gasteiger partial charge on any atom is 0.413 e. The number of anilines is 1. The van der Waals surface area contributed by atoms with Crippen LogP contribution >= 0.6 is 11.6 Å². The summed E-state index contributed by atoms with van der Waals surface area (Å²) in [6, 6.07) is 11.6. The third-order valence-electron chi connectivity index (χ3n) is 4.77. The molecule has 2 amide bonds. The first kappa shape index (κ1) is 19.2. The standard InChI is InChI=1S/C20H15ClF2N2O4/c1-24(19(27)28)16-8-14-6-13(7-15(21)17(14)29-16)11-2-4-12(5-3-11)18(26)25-9-20(22,23)10-25/h2-8H,9-10H2,1H3,(H,27,28). The molecule has 0 unspecified atom stereocenters. The molecule has 4 rings (SSSR count). The van der Waals surface area contributed by atoms with Gasteiger partial charge in [-0.3, -0.25) is 9.69 Å². The first-order valence-corrected chi connectivity index (χ1v) is 9.00. The van der Waals surface area contributed by atoms with E-state index in [4.69, 9.17) is 21.1 Å². The second-order valence-corrected chi connectivity index (χ2v) is 7.30. The number of halogens is 3. The van der Waals surface area contributed by atoms with Crippen LogP contribution in [0.15, 0.2) is 46.9 Å². The van der Waals surface area contributed by atoms with E-state index in [1.165, 1.54) is 7.05 Å². The number of likely N-dealkylation sites (tertiary alicyclic amines) is 1. The van der Waals surface area contributed by atoms with Crippen LogP contribution in [0.25, 0.3) is 22.1 Å². The summed E-state index contributed by atoms with van der Waals surface area (Å²) >= 11 is 6.29. The van der Waals surface area contributed by atoms with Crippen LogP contribution < -0.4 is 4.90 Å². The molecule has 1 fully saturated rings. The van der Waals surface area contributed by atoms with Crippen molar-refractivity contribution in [3.05, 3.63) is 53.1 Å². The molecule has 1 aromatic heterocycles. The molecular weight excluding hydrogens is 406 g/mol. The first-order valence-electron chi connectivity index (χ1n) is 8.62. The van der Waals surface area contributed by atoms with Crippen LogP contribution in [0.1, 0.15) is 10.4 Å². The number of nitrogens with zero attached hydrogens (tertiary/aromatic N) is 2. The van der Waals surface area contributed by atoms with Crippen molar-refractivity contribution in [3.8, 4) is 11.1 Å². The SMILES string of the molecule is CN(C(=O)O)c1cc2cc(-c3ccc(C(=O)N4CC(F)(F)C4)cc3)cc(Cl)c2o1. The second kappa shape index (κ2) is 6.73. The van der Waals surface area contributed by atoms with Crippen LogP contribution in [0.2, 0.25) is 5.02 Å². The van der Waals surface area contributed by atoms with Gasteiger partial charge in [-0.05, 0) is 35.4 Å². The molecule has 29 heavy (non-hydrogen) atoms. The minimum atomic E-state index is -2.81. The van der Waals surface area contributed by atoms with Crippen LogP contribution in [-0.4, -0.2) is 48.1 Å². The average molecular weight is 421 g/mol. The highest BCUT2D eigenvalue weighted by atomic mass is 35.5. The van der Waals surface area contributed by atoms with Crippen molar-refractivity contribution in [1.82, 2.24) is 4.90 Å². The number of hydrogen-bond donors (Lipinski definition) is 1. The highest BCUT2D eigenvalue weighted by Crippen LogP contribution is 2.35. The smallest absolute Gasteiger partial charge is 0.413 e. The normalized spacial score (nSPS) is 15.2. The number of benzene rings is 2. The lowest BCUT2D eigenvalue weighted by Crippen LogP contribution is -2.58. The largest absolute Gasteiger partial charge is 0.465 e. The van der Waals surface area contributed by atoms with Crippen molar-refractivity contribution < 1.29 is 27.9 Å². The number of alkyl halides is 2. The Balaban J connectivity index is 1.61. The number of carbonyl (C=O) groups is 2. The van der Waals surface area contributed by atoms with E-state index < -0.39 is 31.0 Å². The number of carboxylic acid groups (broad SMARTS) is 1. The summed E-state index contributed by atoms with van der Waals surface area (Å²) in [5.74, 6) is -3.11. The highest BCUT2D eigenvalue weighted by molar-refractivity contribution is 6.35. The lowest BCUT2D eigenvalue weighted by atomic mass is 10.0. The van der Waals surface area contributed by atoms with Crippen molar-refractivity contribution >= 4 is 40.5 Å². The van der Waals surface area contributed by atoms with E-state index in [0.717, 1.165) is 20.9 Å². The number of fused-ring (bicyclic) bond motifs is 1. The molecule has 0 bridgehead atoms. The van der Waals surface area contributed by atoms with Gasteiger partial charge < -0.3 is 14.4 Å². The summed E-state index contributed by atoms with van der Waals surface area (Å²) in [7, 11) is 1.36. The molecule has 2 heterocycles. The van der Waals surface area contributed by atoms with Crippen LogP contribution in [0, 0.1) is 0 Å². The van der Waals surface area contributed by atoms with Gasteiger partial charge in [0, 0.05) is 24.1 Å². The van der Waals surface area contributed by atoms with Crippen LogP contribution in [0.5, 0.6) is 0 Å². The van der Waals surface area contributed by atoms with Gasteiger partial charge in [0.2, 0.25) is 5.88 Å². The van der Waals surface area contributed by atoms with Gasteiger partial charge in [0.05, 0.1) is 18.1 Å². The van der Waals surface area contributed by atoms with E-state index in [2.05, 4.69) is 0 Å². The van der Waals surface area contributed by atoms with Gasteiger partial charge in [-0.15, -0.1) is 0 Å². The molecule has 1 aliphatic heterocycles. The zero-order valence-electron chi connectivity index (χ0n) is 15.2. The third kappa shape index (κ3) is 3.51. The van der Waals surface area contributed by atoms with E-state index in [0.29, 0.717) is 21.6 Å². The molecular formula is C20H15ClF2N2O4. The van der Waals surface area contributed by atoms with E-state index in [1.54, 1.807) is 42.5 Å². The predicted octanol–water partition coefficient (Wildman–Crippen LogP) is 4.96. The second-order valence-electron chi connectivity index (χ2n) is 6.90. The Morgan fingerprint density at radius 2 is 1.79 bits per heavy atom. The van der Waals surface area contributed by atoms with Crippen LogP contribution in [0.3, 0.4) is 0 Å². The molecule has 0 spiro atoms. The minimum Gasteiger partial charge on any atom is -0.465 e. The van der Waals surface area contributed by atoms with Crippen molar-refractivity contribution in [2.75, 3.05) is 25.0 Å². The highest BCUT2D eigenvalue weighted by Gasteiger charge is 2.46. The summed E-state index contributed by atoms with van der Waals surface area (Å²) in [4.78, 5) is 25.4. The molecule has 1 N–H and O–H groups in total. The lowest BCUT2D eigenvalue weighted by molar-refractivity contribution is -0.113. The molecule has 0 saturated carbocycles. The van der Waals surface area contributed by atoms with Crippen molar-refractivity contribution in [2.45, 2.75) is 5.92 Å². The maximum absolute atomic E-state index is 13.0. The number of hydrogen-bond acceptors (Lipinski definition) is 3.